The number of Topliss-reactive ketones (excluding diaryl/α,β-unsaturated/α-hetero) is 1. The summed E-state index contributed by atoms with van der Waals surface area (Å²) in [5, 5.41) is 2.63. The van der Waals surface area contributed by atoms with E-state index >= 15 is 0 Å². The molecule has 150 valence electrons. The molecule has 0 bridgehead atoms. The van der Waals surface area contributed by atoms with Gasteiger partial charge in [0.25, 0.3) is 0 Å². The van der Waals surface area contributed by atoms with Crippen molar-refractivity contribution in [2.75, 3.05) is 13.1 Å². The maximum Gasteiger partial charge on any atom is 0.240 e. The van der Waals surface area contributed by atoms with Gasteiger partial charge >= 0.3 is 0 Å². The zero-order valence-electron chi connectivity index (χ0n) is 16.4. The SMILES string of the molecule is Cc1ccc(C(=O)CCC(=O)NCCNS(=O)(=O)c2ccc(C)c(C)c2)cc1. The lowest BCUT2D eigenvalue weighted by molar-refractivity contribution is -0.121. The second-order valence-electron chi connectivity index (χ2n) is 6.78. The molecule has 0 saturated heterocycles. The molecule has 0 saturated carbocycles. The molecule has 0 aliphatic carbocycles. The first-order valence-electron chi connectivity index (χ1n) is 9.12. The molecule has 2 aromatic carbocycles. The summed E-state index contributed by atoms with van der Waals surface area (Å²) in [6, 6.07) is 12.1. The smallest absolute Gasteiger partial charge is 0.240 e. The van der Waals surface area contributed by atoms with Crippen molar-refractivity contribution in [1.82, 2.24) is 10.0 Å². The summed E-state index contributed by atoms with van der Waals surface area (Å²) in [4.78, 5) is 24.1. The van der Waals surface area contributed by atoms with Crippen LogP contribution >= 0.6 is 0 Å². The zero-order valence-corrected chi connectivity index (χ0v) is 17.2. The molecule has 2 rings (SSSR count). The molecule has 28 heavy (non-hydrogen) atoms. The van der Waals surface area contributed by atoms with E-state index in [1.165, 1.54) is 0 Å². The summed E-state index contributed by atoms with van der Waals surface area (Å²) < 4.78 is 27.0. The fourth-order valence-corrected chi connectivity index (χ4v) is 3.67. The number of hydrogen-bond donors (Lipinski definition) is 2. The van der Waals surface area contributed by atoms with Crippen LogP contribution in [0.4, 0.5) is 0 Å². The Bertz CT molecular complexity index is 951. The molecule has 0 aromatic heterocycles. The number of amides is 1. The minimum atomic E-state index is -3.62. The average Bonchev–Trinajstić information content (AvgIpc) is 2.66. The summed E-state index contributed by atoms with van der Waals surface area (Å²) in [5.41, 5.74) is 3.57. The van der Waals surface area contributed by atoms with Crippen LogP contribution in [0.1, 0.15) is 39.9 Å². The Labute approximate surface area is 166 Å². The van der Waals surface area contributed by atoms with E-state index in [9.17, 15) is 18.0 Å². The number of rotatable bonds is 9. The molecule has 0 aliphatic rings. The van der Waals surface area contributed by atoms with Crippen LogP contribution in [-0.4, -0.2) is 33.2 Å². The Balaban J connectivity index is 1.73. The lowest BCUT2D eigenvalue weighted by Crippen LogP contribution is -2.34. The summed E-state index contributed by atoms with van der Waals surface area (Å²) in [5.74, 6) is -0.378. The van der Waals surface area contributed by atoms with Gasteiger partial charge in [-0.1, -0.05) is 35.9 Å². The van der Waals surface area contributed by atoms with Gasteiger partial charge in [0.05, 0.1) is 4.90 Å². The van der Waals surface area contributed by atoms with Gasteiger partial charge in [0.15, 0.2) is 5.78 Å². The maximum atomic E-state index is 12.3. The van der Waals surface area contributed by atoms with E-state index in [2.05, 4.69) is 10.0 Å². The van der Waals surface area contributed by atoms with E-state index in [0.29, 0.717) is 5.56 Å². The van der Waals surface area contributed by atoms with Gasteiger partial charge in [0.2, 0.25) is 15.9 Å². The Hall–Kier alpha value is -2.51. The number of benzene rings is 2. The number of aryl methyl sites for hydroxylation is 3. The van der Waals surface area contributed by atoms with Crippen LogP contribution in [0.5, 0.6) is 0 Å². The highest BCUT2D eigenvalue weighted by atomic mass is 32.2. The molecular weight excluding hydrogens is 376 g/mol. The van der Waals surface area contributed by atoms with Crippen LogP contribution in [0, 0.1) is 20.8 Å². The largest absolute Gasteiger partial charge is 0.355 e. The van der Waals surface area contributed by atoms with Crippen molar-refractivity contribution in [2.24, 2.45) is 0 Å². The van der Waals surface area contributed by atoms with Crippen molar-refractivity contribution in [3.8, 4) is 0 Å². The minimum Gasteiger partial charge on any atom is -0.355 e. The predicted octanol–water partition coefficient (Wildman–Crippen LogP) is 2.67. The molecular formula is C21H26N2O4S. The number of carbonyl (C=O) groups is 2. The summed E-state index contributed by atoms with van der Waals surface area (Å²) in [7, 11) is -3.62. The Morgan fingerprint density at radius 2 is 1.54 bits per heavy atom. The minimum absolute atomic E-state index is 0.0661. The monoisotopic (exact) mass is 402 g/mol. The average molecular weight is 403 g/mol. The fraction of sp³-hybridized carbons (Fsp3) is 0.333. The second kappa shape index (κ2) is 9.61. The number of sulfonamides is 1. The van der Waals surface area contributed by atoms with E-state index in [0.717, 1.165) is 16.7 Å². The molecule has 0 atom stereocenters. The van der Waals surface area contributed by atoms with Crippen molar-refractivity contribution in [2.45, 2.75) is 38.5 Å². The molecule has 0 unspecified atom stereocenters. The molecule has 0 fully saturated rings. The highest BCUT2D eigenvalue weighted by molar-refractivity contribution is 7.89. The number of carbonyl (C=O) groups excluding carboxylic acids is 2. The third kappa shape index (κ3) is 6.28. The van der Waals surface area contributed by atoms with Gasteiger partial charge in [-0.2, -0.15) is 0 Å². The first kappa shape index (κ1) is 21.8. The number of ketones is 1. The van der Waals surface area contributed by atoms with Gasteiger partial charge in [0, 0.05) is 31.5 Å². The van der Waals surface area contributed by atoms with Gasteiger partial charge in [-0.3, -0.25) is 9.59 Å². The Morgan fingerprint density at radius 3 is 2.18 bits per heavy atom. The Morgan fingerprint density at radius 1 is 0.857 bits per heavy atom. The van der Waals surface area contributed by atoms with Crippen LogP contribution in [0.15, 0.2) is 47.4 Å². The number of nitrogens with one attached hydrogen (secondary N) is 2. The van der Waals surface area contributed by atoms with E-state index in [4.69, 9.17) is 0 Å². The lowest BCUT2D eigenvalue weighted by atomic mass is 10.1. The van der Waals surface area contributed by atoms with Gasteiger partial charge in [-0.15, -0.1) is 0 Å². The summed E-state index contributed by atoms with van der Waals surface area (Å²) in [6.07, 6.45) is 0.180. The molecule has 0 radical (unpaired) electrons. The second-order valence-corrected chi connectivity index (χ2v) is 8.55. The van der Waals surface area contributed by atoms with Crippen molar-refractivity contribution < 1.29 is 18.0 Å². The van der Waals surface area contributed by atoms with Crippen molar-refractivity contribution in [1.29, 1.82) is 0 Å². The van der Waals surface area contributed by atoms with Gasteiger partial charge < -0.3 is 5.32 Å². The molecule has 7 heteroatoms. The molecule has 6 nitrogen and oxygen atoms in total. The summed E-state index contributed by atoms with van der Waals surface area (Å²) >= 11 is 0. The van der Waals surface area contributed by atoms with E-state index in [1.807, 2.05) is 32.9 Å². The molecule has 0 heterocycles. The molecule has 2 aromatic rings. The topological polar surface area (TPSA) is 92.3 Å². The predicted molar refractivity (Wildman–Crippen MR) is 109 cm³/mol. The molecule has 0 spiro atoms. The van der Waals surface area contributed by atoms with Crippen LogP contribution in [-0.2, 0) is 14.8 Å². The fourth-order valence-electron chi connectivity index (χ4n) is 2.55. The van der Waals surface area contributed by atoms with Crippen LogP contribution in [0.3, 0.4) is 0 Å². The first-order valence-corrected chi connectivity index (χ1v) is 10.6. The van der Waals surface area contributed by atoms with Gasteiger partial charge in [0.1, 0.15) is 0 Å². The van der Waals surface area contributed by atoms with Crippen LogP contribution < -0.4 is 10.0 Å². The van der Waals surface area contributed by atoms with Crippen LogP contribution in [0.25, 0.3) is 0 Å². The van der Waals surface area contributed by atoms with Crippen molar-refractivity contribution >= 4 is 21.7 Å². The van der Waals surface area contributed by atoms with E-state index in [1.54, 1.807) is 30.3 Å². The molecule has 2 N–H and O–H groups in total. The zero-order chi connectivity index (χ0) is 20.7. The number of hydrogen-bond acceptors (Lipinski definition) is 4. The third-order valence-corrected chi connectivity index (χ3v) is 5.94. The van der Waals surface area contributed by atoms with E-state index < -0.39 is 10.0 Å². The highest BCUT2D eigenvalue weighted by Gasteiger charge is 2.14. The van der Waals surface area contributed by atoms with Gasteiger partial charge in [-0.05, 0) is 44.0 Å². The summed E-state index contributed by atoms with van der Waals surface area (Å²) in [6.45, 7) is 5.94. The normalized spacial score (nSPS) is 11.2. The standard InChI is InChI=1S/C21H26N2O4S/c1-15-4-7-18(8-5-15)20(24)10-11-21(25)22-12-13-23-28(26,27)19-9-6-16(2)17(3)14-19/h4-9,14,23H,10-13H2,1-3H3,(H,22,25). The quantitative estimate of drug-likeness (QED) is 0.498. The van der Waals surface area contributed by atoms with Crippen molar-refractivity contribution in [3.63, 3.8) is 0 Å². The van der Waals surface area contributed by atoms with E-state index in [-0.39, 0.29) is 42.5 Å². The Kier molecular flexibility index (Phi) is 7.48. The highest BCUT2D eigenvalue weighted by Crippen LogP contribution is 2.14. The maximum absolute atomic E-state index is 12.3. The van der Waals surface area contributed by atoms with Crippen LogP contribution in [0.2, 0.25) is 0 Å². The first-order chi connectivity index (χ1) is 13.2. The van der Waals surface area contributed by atoms with Crippen molar-refractivity contribution in [3.05, 3.63) is 64.7 Å². The molecule has 0 aliphatic heterocycles. The lowest BCUT2D eigenvalue weighted by Gasteiger charge is -2.09. The van der Waals surface area contributed by atoms with Gasteiger partial charge in [-0.25, -0.2) is 13.1 Å². The third-order valence-electron chi connectivity index (χ3n) is 4.48. The molecule has 1 amide bonds.